The summed E-state index contributed by atoms with van der Waals surface area (Å²) in [5.41, 5.74) is 0.679. The molecule has 0 radical (unpaired) electrons. The number of nitrogens with zero attached hydrogens (tertiary/aromatic N) is 2. The first kappa shape index (κ1) is 15.0. The van der Waals surface area contributed by atoms with Gasteiger partial charge < -0.3 is 4.74 Å². The summed E-state index contributed by atoms with van der Waals surface area (Å²) in [5.74, 6) is -0.615. The number of benzene rings is 1. The molecule has 0 bridgehead atoms. The Morgan fingerprint density at radius 3 is 2.57 bits per heavy atom. The monoisotopic (exact) mass is 309 g/mol. The predicted octanol–water partition coefficient (Wildman–Crippen LogP) is 1.32. The maximum atomic E-state index is 12.4. The molecule has 2 rings (SSSR count). The average molecular weight is 309 g/mol. The van der Waals surface area contributed by atoms with Crippen LogP contribution in [0.1, 0.15) is 16.1 Å². The van der Waals surface area contributed by atoms with Crippen LogP contribution >= 0.6 is 0 Å². The summed E-state index contributed by atoms with van der Waals surface area (Å²) in [5, 5.41) is 4.00. The highest BCUT2D eigenvalue weighted by molar-refractivity contribution is 7.92. The lowest BCUT2D eigenvalue weighted by molar-refractivity contribution is 0.0602. The van der Waals surface area contributed by atoms with Crippen molar-refractivity contribution in [1.29, 1.82) is 0 Å². The normalized spacial score (nSPS) is 11.2. The Bertz CT molecular complexity index is 780. The fourth-order valence-electron chi connectivity index (χ4n) is 1.90. The second-order valence-corrected chi connectivity index (χ2v) is 6.05. The van der Waals surface area contributed by atoms with E-state index < -0.39 is 16.0 Å². The molecule has 0 atom stereocenters. The Balaban J connectivity index is 2.42. The number of ether oxygens (including phenoxy) is 1. The van der Waals surface area contributed by atoms with E-state index in [1.54, 1.807) is 26.1 Å². The van der Waals surface area contributed by atoms with E-state index in [9.17, 15) is 13.2 Å². The number of para-hydroxylation sites is 1. The minimum absolute atomic E-state index is 0.0599. The van der Waals surface area contributed by atoms with E-state index in [-0.39, 0.29) is 16.1 Å². The van der Waals surface area contributed by atoms with Gasteiger partial charge in [-0.3, -0.25) is 9.40 Å². The lowest BCUT2D eigenvalue weighted by Crippen LogP contribution is -2.16. The molecule has 0 amide bonds. The van der Waals surface area contributed by atoms with Gasteiger partial charge in [0, 0.05) is 13.2 Å². The quantitative estimate of drug-likeness (QED) is 0.860. The Labute approximate surface area is 122 Å². The van der Waals surface area contributed by atoms with Crippen LogP contribution in [0.15, 0.2) is 35.4 Å². The van der Waals surface area contributed by atoms with Crippen molar-refractivity contribution in [3.05, 3.63) is 41.7 Å². The summed E-state index contributed by atoms with van der Waals surface area (Å²) < 4.78 is 33.2. The zero-order valence-electron chi connectivity index (χ0n) is 11.8. The average Bonchev–Trinajstić information content (AvgIpc) is 2.78. The van der Waals surface area contributed by atoms with E-state index in [1.807, 2.05) is 0 Å². The van der Waals surface area contributed by atoms with Crippen molar-refractivity contribution in [2.75, 3.05) is 11.8 Å². The molecule has 0 fully saturated rings. The molecular formula is C13H15N3O4S. The summed E-state index contributed by atoms with van der Waals surface area (Å²) in [6.07, 6.45) is 1.40. The summed E-state index contributed by atoms with van der Waals surface area (Å²) in [4.78, 5) is 11.7. The fourth-order valence-corrected chi connectivity index (χ4v) is 3.20. The van der Waals surface area contributed by atoms with Gasteiger partial charge in [0.05, 0.1) is 24.1 Å². The lowest BCUT2D eigenvalue weighted by Gasteiger charge is -2.10. The number of carbonyl (C=O) groups excluding carboxylic acids is 1. The van der Waals surface area contributed by atoms with Gasteiger partial charge in [-0.15, -0.1) is 0 Å². The van der Waals surface area contributed by atoms with Crippen LogP contribution in [0.3, 0.4) is 0 Å². The first-order chi connectivity index (χ1) is 9.85. The minimum Gasteiger partial charge on any atom is -0.465 e. The van der Waals surface area contributed by atoms with Gasteiger partial charge in [0.15, 0.2) is 0 Å². The second kappa shape index (κ2) is 5.57. The van der Waals surface area contributed by atoms with E-state index in [0.717, 1.165) is 0 Å². The van der Waals surface area contributed by atoms with Crippen LogP contribution in [0, 0.1) is 6.92 Å². The Hall–Kier alpha value is -2.35. The summed E-state index contributed by atoms with van der Waals surface area (Å²) in [6.45, 7) is 1.60. The first-order valence-electron chi connectivity index (χ1n) is 6.05. The van der Waals surface area contributed by atoms with E-state index in [0.29, 0.717) is 5.69 Å². The third-order valence-electron chi connectivity index (χ3n) is 2.83. The van der Waals surface area contributed by atoms with Crippen LogP contribution in [0.4, 0.5) is 5.69 Å². The van der Waals surface area contributed by atoms with Crippen molar-refractivity contribution in [1.82, 2.24) is 9.78 Å². The Morgan fingerprint density at radius 1 is 1.33 bits per heavy atom. The highest BCUT2D eigenvalue weighted by Crippen LogP contribution is 2.22. The molecule has 21 heavy (non-hydrogen) atoms. The van der Waals surface area contributed by atoms with Crippen molar-refractivity contribution < 1.29 is 17.9 Å². The van der Waals surface area contributed by atoms with Gasteiger partial charge in [-0.25, -0.2) is 13.2 Å². The number of rotatable bonds is 4. The van der Waals surface area contributed by atoms with Crippen LogP contribution in [0.2, 0.25) is 0 Å². The number of hydrogen-bond donors (Lipinski definition) is 1. The van der Waals surface area contributed by atoms with Gasteiger partial charge in [-0.1, -0.05) is 12.1 Å². The molecule has 8 heteroatoms. The molecule has 1 aromatic carbocycles. The summed E-state index contributed by atoms with van der Waals surface area (Å²) in [7, 11) is -0.960. The number of aryl methyl sites for hydroxylation is 2. The third-order valence-corrected chi connectivity index (χ3v) is 4.30. The number of carbonyl (C=O) groups is 1. The van der Waals surface area contributed by atoms with Crippen LogP contribution in [0.25, 0.3) is 0 Å². The fraction of sp³-hybridized carbons (Fsp3) is 0.231. The maximum absolute atomic E-state index is 12.4. The number of hydrogen-bond acceptors (Lipinski definition) is 5. The standard InChI is InChI=1S/C13H15N3O4S/c1-9-12(8-16(2)14-9)21(18,19)15-11-7-5-4-6-10(11)13(17)20-3/h4-8,15H,1-3H3. The largest absolute Gasteiger partial charge is 0.465 e. The minimum atomic E-state index is -3.83. The summed E-state index contributed by atoms with van der Waals surface area (Å²) >= 11 is 0. The van der Waals surface area contributed by atoms with Crippen LogP contribution < -0.4 is 4.72 Å². The van der Waals surface area contributed by atoms with Gasteiger partial charge in [0.2, 0.25) is 0 Å². The number of anilines is 1. The maximum Gasteiger partial charge on any atom is 0.339 e. The molecule has 0 aliphatic carbocycles. The molecule has 0 aliphatic rings. The Kier molecular flexibility index (Phi) is 3.99. The van der Waals surface area contributed by atoms with Gasteiger partial charge in [-0.05, 0) is 19.1 Å². The zero-order valence-corrected chi connectivity index (χ0v) is 12.6. The molecule has 0 aliphatic heterocycles. The topological polar surface area (TPSA) is 90.3 Å². The SMILES string of the molecule is COC(=O)c1ccccc1NS(=O)(=O)c1cn(C)nc1C. The van der Waals surface area contributed by atoms with Crippen LogP contribution in [-0.2, 0) is 21.8 Å². The molecular weight excluding hydrogens is 294 g/mol. The number of sulfonamides is 1. The van der Waals surface area contributed by atoms with Gasteiger partial charge >= 0.3 is 5.97 Å². The van der Waals surface area contributed by atoms with Crippen molar-refractivity contribution in [2.45, 2.75) is 11.8 Å². The number of esters is 1. The molecule has 7 nitrogen and oxygen atoms in total. The van der Waals surface area contributed by atoms with Crippen molar-refractivity contribution in [3.63, 3.8) is 0 Å². The zero-order chi connectivity index (χ0) is 15.6. The lowest BCUT2D eigenvalue weighted by atomic mass is 10.2. The molecule has 0 unspecified atom stereocenters. The highest BCUT2D eigenvalue weighted by atomic mass is 32.2. The number of nitrogens with one attached hydrogen (secondary N) is 1. The van der Waals surface area contributed by atoms with E-state index >= 15 is 0 Å². The van der Waals surface area contributed by atoms with E-state index in [1.165, 1.54) is 30.1 Å². The summed E-state index contributed by atoms with van der Waals surface area (Å²) in [6, 6.07) is 6.23. The second-order valence-electron chi connectivity index (χ2n) is 4.40. The smallest absolute Gasteiger partial charge is 0.339 e. The first-order valence-corrected chi connectivity index (χ1v) is 7.54. The third kappa shape index (κ3) is 3.05. The van der Waals surface area contributed by atoms with E-state index in [2.05, 4.69) is 14.6 Å². The molecule has 1 N–H and O–H groups in total. The highest BCUT2D eigenvalue weighted by Gasteiger charge is 2.22. The number of methoxy groups -OCH3 is 1. The molecule has 1 heterocycles. The van der Waals surface area contributed by atoms with Crippen molar-refractivity contribution in [2.24, 2.45) is 7.05 Å². The Morgan fingerprint density at radius 2 is 2.00 bits per heavy atom. The molecule has 0 saturated heterocycles. The molecule has 1 aromatic heterocycles. The van der Waals surface area contributed by atoms with Gasteiger partial charge in [-0.2, -0.15) is 5.10 Å². The van der Waals surface area contributed by atoms with Crippen LogP contribution in [0.5, 0.6) is 0 Å². The molecule has 0 saturated carbocycles. The molecule has 2 aromatic rings. The van der Waals surface area contributed by atoms with Crippen LogP contribution in [-0.4, -0.2) is 31.3 Å². The predicted molar refractivity (Wildman–Crippen MR) is 76.5 cm³/mol. The van der Waals surface area contributed by atoms with Crippen molar-refractivity contribution >= 4 is 21.7 Å². The molecule has 0 spiro atoms. The molecule has 112 valence electrons. The number of aromatic nitrogens is 2. The van der Waals surface area contributed by atoms with Crippen molar-refractivity contribution in [3.8, 4) is 0 Å². The van der Waals surface area contributed by atoms with Gasteiger partial charge in [0.25, 0.3) is 10.0 Å². The van der Waals surface area contributed by atoms with E-state index in [4.69, 9.17) is 0 Å². The van der Waals surface area contributed by atoms with Gasteiger partial charge in [0.1, 0.15) is 4.90 Å².